The van der Waals surface area contributed by atoms with Gasteiger partial charge in [-0.05, 0) is 56.8 Å². The minimum absolute atomic E-state index is 0.00568. The maximum absolute atomic E-state index is 13.8. The Balaban J connectivity index is 1.90. The van der Waals surface area contributed by atoms with Gasteiger partial charge in [0, 0.05) is 30.8 Å². The largest absolute Gasteiger partial charge is 0.378 e. The van der Waals surface area contributed by atoms with Crippen LogP contribution in [0.2, 0.25) is 0 Å². The molecule has 1 fully saturated rings. The number of nitrogens with zero attached hydrogens (tertiary/aromatic N) is 2. The third-order valence-electron chi connectivity index (χ3n) is 5.91. The lowest BCUT2D eigenvalue weighted by atomic mass is 9.78. The van der Waals surface area contributed by atoms with Gasteiger partial charge >= 0.3 is 0 Å². The number of amides is 1. The van der Waals surface area contributed by atoms with Gasteiger partial charge in [-0.25, -0.2) is 0 Å². The van der Waals surface area contributed by atoms with Crippen molar-refractivity contribution in [3.05, 3.63) is 65.7 Å². The molecule has 1 saturated heterocycles. The Kier molecular flexibility index (Phi) is 7.24. The topological polar surface area (TPSA) is 75.9 Å². The third-order valence-corrected chi connectivity index (χ3v) is 5.91. The number of carbonyl (C=O) groups is 2. The summed E-state index contributed by atoms with van der Waals surface area (Å²) in [7, 11) is 3.79. The summed E-state index contributed by atoms with van der Waals surface area (Å²) in [5.74, 6) is -0.393. The average molecular weight is 410 g/mol. The standard InChI is InChI=1S/C24H31N3O3/c1-26(2)24(13-12-22(25)28,18-19-6-4-3-5-7-19)23(29)20-8-10-21(11-9-20)27-14-16-30-17-15-27/h3-11H,12-18H2,1-2H3,(H2,25,28). The molecule has 6 heteroatoms. The number of ether oxygens (including phenoxy) is 1. The molecular formula is C24H31N3O3. The molecule has 0 aromatic heterocycles. The minimum atomic E-state index is -0.850. The number of nitrogens with two attached hydrogens (primary N) is 1. The van der Waals surface area contributed by atoms with E-state index in [-0.39, 0.29) is 12.2 Å². The Labute approximate surface area is 178 Å². The summed E-state index contributed by atoms with van der Waals surface area (Å²) in [6, 6.07) is 17.7. The highest BCUT2D eigenvalue weighted by Crippen LogP contribution is 2.30. The molecule has 2 aromatic carbocycles. The molecule has 1 heterocycles. The summed E-state index contributed by atoms with van der Waals surface area (Å²) >= 11 is 0. The highest BCUT2D eigenvalue weighted by molar-refractivity contribution is 6.04. The minimum Gasteiger partial charge on any atom is -0.378 e. The number of anilines is 1. The van der Waals surface area contributed by atoms with E-state index in [2.05, 4.69) is 4.90 Å². The first-order valence-corrected chi connectivity index (χ1v) is 10.4. The van der Waals surface area contributed by atoms with Crippen molar-refractivity contribution in [2.75, 3.05) is 45.3 Å². The molecule has 160 valence electrons. The van der Waals surface area contributed by atoms with Crippen LogP contribution in [0.25, 0.3) is 0 Å². The molecule has 0 aliphatic carbocycles. The van der Waals surface area contributed by atoms with E-state index < -0.39 is 11.4 Å². The molecule has 2 N–H and O–H groups in total. The van der Waals surface area contributed by atoms with Crippen molar-refractivity contribution >= 4 is 17.4 Å². The van der Waals surface area contributed by atoms with Gasteiger partial charge in [-0.3, -0.25) is 14.5 Å². The van der Waals surface area contributed by atoms with Crippen LogP contribution in [0.5, 0.6) is 0 Å². The fraction of sp³-hybridized carbons (Fsp3) is 0.417. The summed E-state index contributed by atoms with van der Waals surface area (Å²) in [6.07, 6.45) is 1.04. The SMILES string of the molecule is CN(C)C(CCC(N)=O)(Cc1ccccc1)C(=O)c1ccc(N2CCOCC2)cc1. The Morgan fingerprint density at radius 2 is 1.67 bits per heavy atom. The van der Waals surface area contributed by atoms with Crippen LogP contribution in [0.1, 0.15) is 28.8 Å². The average Bonchev–Trinajstić information content (AvgIpc) is 2.77. The van der Waals surface area contributed by atoms with E-state index in [1.54, 1.807) is 0 Å². The van der Waals surface area contributed by atoms with Gasteiger partial charge in [-0.15, -0.1) is 0 Å². The van der Waals surface area contributed by atoms with Crippen molar-refractivity contribution in [2.45, 2.75) is 24.8 Å². The van der Waals surface area contributed by atoms with Crippen LogP contribution in [-0.2, 0) is 16.0 Å². The predicted octanol–water partition coefficient (Wildman–Crippen LogP) is 2.51. The van der Waals surface area contributed by atoms with Crippen LogP contribution in [0.15, 0.2) is 54.6 Å². The summed E-state index contributed by atoms with van der Waals surface area (Å²) in [5.41, 5.74) is 7.38. The van der Waals surface area contributed by atoms with Gasteiger partial charge in [-0.1, -0.05) is 30.3 Å². The van der Waals surface area contributed by atoms with E-state index in [9.17, 15) is 9.59 Å². The molecular weight excluding hydrogens is 378 g/mol. The number of rotatable bonds is 9. The molecule has 1 unspecified atom stereocenters. The van der Waals surface area contributed by atoms with Gasteiger partial charge < -0.3 is 15.4 Å². The summed E-state index contributed by atoms with van der Waals surface area (Å²) < 4.78 is 5.42. The second-order valence-corrected chi connectivity index (χ2v) is 8.03. The smallest absolute Gasteiger partial charge is 0.217 e. The van der Waals surface area contributed by atoms with Gasteiger partial charge in [0.05, 0.1) is 18.8 Å². The Hall–Kier alpha value is -2.70. The van der Waals surface area contributed by atoms with E-state index in [1.807, 2.05) is 73.6 Å². The number of hydrogen-bond acceptors (Lipinski definition) is 5. The Bertz CT molecular complexity index is 846. The molecule has 1 atom stereocenters. The van der Waals surface area contributed by atoms with E-state index in [4.69, 9.17) is 10.5 Å². The maximum atomic E-state index is 13.8. The van der Waals surface area contributed by atoms with Crippen molar-refractivity contribution in [3.8, 4) is 0 Å². The van der Waals surface area contributed by atoms with Crippen LogP contribution in [0.3, 0.4) is 0 Å². The lowest BCUT2D eigenvalue weighted by Crippen LogP contribution is -2.53. The highest BCUT2D eigenvalue weighted by atomic mass is 16.5. The van der Waals surface area contributed by atoms with E-state index in [0.717, 1.165) is 24.3 Å². The van der Waals surface area contributed by atoms with Gasteiger partial charge in [-0.2, -0.15) is 0 Å². The maximum Gasteiger partial charge on any atom is 0.217 e. The van der Waals surface area contributed by atoms with Crippen LogP contribution in [0.4, 0.5) is 5.69 Å². The van der Waals surface area contributed by atoms with E-state index in [0.29, 0.717) is 31.6 Å². The van der Waals surface area contributed by atoms with E-state index >= 15 is 0 Å². The van der Waals surface area contributed by atoms with Crippen LogP contribution < -0.4 is 10.6 Å². The predicted molar refractivity (Wildman–Crippen MR) is 119 cm³/mol. The fourth-order valence-corrected chi connectivity index (χ4v) is 4.04. The molecule has 1 aliphatic heterocycles. The first-order chi connectivity index (χ1) is 14.4. The first kappa shape index (κ1) is 22.0. The van der Waals surface area contributed by atoms with Crippen molar-refractivity contribution in [1.82, 2.24) is 4.90 Å². The van der Waals surface area contributed by atoms with Gasteiger partial charge in [0.15, 0.2) is 5.78 Å². The Morgan fingerprint density at radius 3 is 2.23 bits per heavy atom. The van der Waals surface area contributed by atoms with Crippen LogP contribution in [-0.4, -0.2) is 62.5 Å². The zero-order chi connectivity index (χ0) is 21.6. The zero-order valence-electron chi connectivity index (χ0n) is 17.8. The summed E-state index contributed by atoms with van der Waals surface area (Å²) in [4.78, 5) is 29.6. The van der Waals surface area contributed by atoms with Crippen LogP contribution >= 0.6 is 0 Å². The number of primary amides is 1. The van der Waals surface area contributed by atoms with Crippen LogP contribution in [0, 0.1) is 0 Å². The molecule has 6 nitrogen and oxygen atoms in total. The number of hydrogen-bond donors (Lipinski definition) is 1. The molecule has 3 rings (SSSR count). The number of ketones is 1. The summed E-state index contributed by atoms with van der Waals surface area (Å²) in [6.45, 7) is 3.13. The number of Topliss-reactive ketones (excluding diaryl/α,β-unsaturated/α-hetero) is 1. The third kappa shape index (κ3) is 5.07. The molecule has 0 saturated carbocycles. The number of likely N-dealkylation sites (N-methyl/N-ethyl adjacent to an activating group) is 1. The zero-order valence-corrected chi connectivity index (χ0v) is 17.8. The second kappa shape index (κ2) is 9.87. The number of morpholine rings is 1. The van der Waals surface area contributed by atoms with Crippen molar-refractivity contribution in [1.29, 1.82) is 0 Å². The van der Waals surface area contributed by atoms with Gasteiger partial charge in [0.25, 0.3) is 0 Å². The monoisotopic (exact) mass is 409 g/mol. The molecule has 1 aliphatic rings. The molecule has 1 amide bonds. The first-order valence-electron chi connectivity index (χ1n) is 10.4. The number of benzene rings is 2. The Morgan fingerprint density at radius 1 is 1.03 bits per heavy atom. The second-order valence-electron chi connectivity index (χ2n) is 8.03. The van der Waals surface area contributed by atoms with Crippen molar-refractivity contribution in [3.63, 3.8) is 0 Å². The number of carbonyl (C=O) groups excluding carboxylic acids is 2. The van der Waals surface area contributed by atoms with Crippen molar-refractivity contribution < 1.29 is 14.3 Å². The van der Waals surface area contributed by atoms with Gasteiger partial charge in [0.2, 0.25) is 5.91 Å². The normalized spacial score (nSPS) is 16.3. The lowest BCUT2D eigenvalue weighted by molar-refractivity contribution is -0.118. The van der Waals surface area contributed by atoms with Crippen molar-refractivity contribution in [2.24, 2.45) is 5.73 Å². The fourth-order valence-electron chi connectivity index (χ4n) is 4.04. The molecule has 2 aromatic rings. The summed E-state index contributed by atoms with van der Waals surface area (Å²) in [5, 5.41) is 0. The molecule has 0 bridgehead atoms. The van der Waals surface area contributed by atoms with Gasteiger partial charge in [0.1, 0.15) is 0 Å². The quantitative estimate of drug-likeness (QED) is 0.644. The molecule has 0 radical (unpaired) electrons. The lowest BCUT2D eigenvalue weighted by Gasteiger charge is -2.39. The molecule has 0 spiro atoms. The molecule has 30 heavy (non-hydrogen) atoms. The van der Waals surface area contributed by atoms with E-state index in [1.165, 1.54) is 0 Å². The highest BCUT2D eigenvalue weighted by Gasteiger charge is 2.41.